The molecule has 1 aliphatic heterocycles. The van der Waals surface area contributed by atoms with E-state index in [0.29, 0.717) is 19.7 Å². The van der Waals surface area contributed by atoms with Crippen molar-refractivity contribution in [2.45, 2.75) is 32.9 Å². The van der Waals surface area contributed by atoms with Crippen molar-refractivity contribution >= 4 is 17.2 Å². The Morgan fingerprint density at radius 3 is 2.92 bits per heavy atom. The first-order valence-corrected chi connectivity index (χ1v) is 9.11. The van der Waals surface area contributed by atoms with Crippen molar-refractivity contribution in [1.82, 2.24) is 9.47 Å². The second-order valence-corrected chi connectivity index (χ2v) is 6.85. The number of amides is 1. The maximum Gasteiger partial charge on any atom is 0.308 e. The highest BCUT2D eigenvalue weighted by Crippen LogP contribution is 2.23. The molecule has 1 unspecified atom stereocenters. The highest BCUT2D eigenvalue weighted by Gasteiger charge is 2.24. The van der Waals surface area contributed by atoms with Crippen molar-refractivity contribution in [3.63, 3.8) is 0 Å². The maximum absolute atomic E-state index is 12.7. The van der Waals surface area contributed by atoms with Crippen LogP contribution in [0.4, 0.5) is 0 Å². The average Bonchev–Trinajstić information content (AvgIpc) is 2.96. The number of hydrogen-bond donors (Lipinski definition) is 0. The highest BCUT2D eigenvalue weighted by molar-refractivity contribution is 7.07. The van der Waals surface area contributed by atoms with Crippen LogP contribution in [-0.4, -0.2) is 41.2 Å². The summed E-state index contributed by atoms with van der Waals surface area (Å²) in [5.74, 6) is -0.0212. The van der Waals surface area contributed by atoms with Gasteiger partial charge in [0.15, 0.2) is 0 Å². The molecule has 128 valence electrons. The van der Waals surface area contributed by atoms with Gasteiger partial charge in [-0.25, -0.2) is 0 Å². The summed E-state index contributed by atoms with van der Waals surface area (Å²) in [6, 6.07) is 7.92. The first kappa shape index (κ1) is 16.9. The van der Waals surface area contributed by atoms with Crippen molar-refractivity contribution in [3.8, 4) is 11.3 Å². The molecule has 0 spiro atoms. The minimum Gasteiger partial charge on any atom is -0.375 e. The van der Waals surface area contributed by atoms with Crippen molar-refractivity contribution in [2.24, 2.45) is 0 Å². The Morgan fingerprint density at radius 1 is 1.38 bits per heavy atom. The molecule has 1 atom stereocenters. The lowest BCUT2D eigenvalue weighted by Crippen LogP contribution is -2.47. The van der Waals surface area contributed by atoms with Crippen LogP contribution in [0.3, 0.4) is 0 Å². The van der Waals surface area contributed by atoms with Gasteiger partial charge in [-0.2, -0.15) is 0 Å². The van der Waals surface area contributed by atoms with Crippen LogP contribution in [0.1, 0.15) is 18.9 Å². The van der Waals surface area contributed by atoms with E-state index < -0.39 is 0 Å². The fraction of sp³-hybridized carbons (Fsp3) is 0.444. The van der Waals surface area contributed by atoms with Gasteiger partial charge in [0.25, 0.3) is 0 Å². The van der Waals surface area contributed by atoms with E-state index in [9.17, 15) is 9.59 Å². The SMILES string of the molecule is CCC1CN(C(=O)Cn2c(-c3ccccc3C)csc2=O)CCO1. The minimum atomic E-state index is -0.0955. The number of carbonyl (C=O) groups is 1. The second-order valence-electron chi connectivity index (χ2n) is 6.03. The van der Waals surface area contributed by atoms with Crippen LogP contribution in [0.5, 0.6) is 0 Å². The molecule has 1 aromatic heterocycles. The number of rotatable bonds is 4. The normalized spacial score (nSPS) is 17.9. The number of aromatic nitrogens is 1. The van der Waals surface area contributed by atoms with Gasteiger partial charge >= 0.3 is 4.87 Å². The largest absolute Gasteiger partial charge is 0.375 e. The molecular formula is C18H22N2O3S. The fourth-order valence-corrected chi connectivity index (χ4v) is 3.74. The smallest absolute Gasteiger partial charge is 0.308 e. The Morgan fingerprint density at radius 2 is 2.17 bits per heavy atom. The summed E-state index contributed by atoms with van der Waals surface area (Å²) in [5.41, 5.74) is 2.91. The van der Waals surface area contributed by atoms with E-state index in [1.54, 1.807) is 4.57 Å². The number of hydrogen-bond acceptors (Lipinski definition) is 4. The topological polar surface area (TPSA) is 51.5 Å². The van der Waals surface area contributed by atoms with Gasteiger partial charge in [0.2, 0.25) is 5.91 Å². The molecule has 2 heterocycles. The van der Waals surface area contributed by atoms with Crippen molar-refractivity contribution in [3.05, 3.63) is 44.9 Å². The van der Waals surface area contributed by atoms with E-state index in [1.165, 1.54) is 0 Å². The van der Waals surface area contributed by atoms with Crippen LogP contribution in [-0.2, 0) is 16.1 Å². The molecular weight excluding hydrogens is 324 g/mol. The third kappa shape index (κ3) is 3.44. The molecule has 24 heavy (non-hydrogen) atoms. The molecule has 1 amide bonds. The predicted octanol–water partition coefficient (Wildman–Crippen LogP) is 2.52. The van der Waals surface area contributed by atoms with Crippen LogP contribution in [0.25, 0.3) is 11.3 Å². The van der Waals surface area contributed by atoms with E-state index in [1.807, 2.05) is 41.5 Å². The Balaban J connectivity index is 1.83. The third-order valence-electron chi connectivity index (χ3n) is 4.44. The highest BCUT2D eigenvalue weighted by atomic mass is 32.1. The number of thiazole rings is 1. The first-order chi connectivity index (χ1) is 11.6. The molecule has 6 heteroatoms. The van der Waals surface area contributed by atoms with Gasteiger partial charge < -0.3 is 9.64 Å². The Hall–Kier alpha value is -1.92. The first-order valence-electron chi connectivity index (χ1n) is 8.24. The molecule has 0 aliphatic carbocycles. The predicted molar refractivity (Wildman–Crippen MR) is 95.4 cm³/mol. The molecule has 0 radical (unpaired) electrons. The molecule has 1 saturated heterocycles. The van der Waals surface area contributed by atoms with Gasteiger partial charge in [-0.3, -0.25) is 14.2 Å². The standard InChI is InChI=1S/C18H22N2O3S/c1-3-14-10-19(8-9-23-14)17(21)11-20-16(12-24-18(20)22)15-7-5-4-6-13(15)2/h4-7,12,14H,3,8-11H2,1-2H3. The Labute approximate surface area is 145 Å². The Bertz CT molecular complexity index is 781. The summed E-state index contributed by atoms with van der Waals surface area (Å²) < 4.78 is 7.20. The molecule has 0 bridgehead atoms. The van der Waals surface area contributed by atoms with Gasteiger partial charge in [0.05, 0.1) is 18.4 Å². The van der Waals surface area contributed by atoms with Gasteiger partial charge in [-0.1, -0.05) is 42.5 Å². The monoisotopic (exact) mass is 346 g/mol. The van der Waals surface area contributed by atoms with E-state index in [4.69, 9.17) is 4.74 Å². The molecule has 0 N–H and O–H groups in total. The van der Waals surface area contributed by atoms with Crippen LogP contribution in [0.2, 0.25) is 0 Å². The van der Waals surface area contributed by atoms with Gasteiger partial charge in [-0.05, 0) is 18.9 Å². The molecule has 5 nitrogen and oxygen atoms in total. The van der Waals surface area contributed by atoms with Crippen LogP contribution < -0.4 is 4.87 Å². The number of carbonyl (C=O) groups excluding carboxylic acids is 1. The third-order valence-corrected chi connectivity index (χ3v) is 5.21. The maximum atomic E-state index is 12.7. The van der Waals surface area contributed by atoms with Crippen LogP contribution >= 0.6 is 11.3 Å². The summed E-state index contributed by atoms with van der Waals surface area (Å²) in [4.78, 5) is 26.6. The quantitative estimate of drug-likeness (QED) is 0.855. The number of ether oxygens (including phenoxy) is 1. The lowest BCUT2D eigenvalue weighted by Gasteiger charge is -2.32. The minimum absolute atomic E-state index is 0.0212. The zero-order chi connectivity index (χ0) is 17.1. The van der Waals surface area contributed by atoms with E-state index >= 15 is 0 Å². The molecule has 3 rings (SSSR count). The van der Waals surface area contributed by atoms with E-state index in [2.05, 4.69) is 6.92 Å². The summed E-state index contributed by atoms with van der Waals surface area (Å²) >= 11 is 1.14. The molecule has 1 fully saturated rings. The summed E-state index contributed by atoms with van der Waals surface area (Å²) in [6.07, 6.45) is 0.981. The zero-order valence-corrected chi connectivity index (χ0v) is 14.8. The fourth-order valence-electron chi connectivity index (χ4n) is 2.98. The van der Waals surface area contributed by atoms with Crippen molar-refractivity contribution in [2.75, 3.05) is 19.7 Å². The van der Waals surface area contributed by atoms with Crippen molar-refractivity contribution in [1.29, 1.82) is 0 Å². The van der Waals surface area contributed by atoms with Gasteiger partial charge in [0, 0.05) is 24.0 Å². The summed E-state index contributed by atoms with van der Waals surface area (Å²) in [7, 11) is 0. The second kappa shape index (κ2) is 7.32. The number of nitrogens with zero attached hydrogens (tertiary/aromatic N) is 2. The lowest BCUT2D eigenvalue weighted by molar-refractivity contribution is -0.139. The number of aryl methyl sites for hydroxylation is 1. The zero-order valence-electron chi connectivity index (χ0n) is 14.0. The molecule has 1 aliphatic rings. The number of morpholine rings is 1. The van der Waals surface area contributed by atoms with Crippen molar-refractivity contribution < 1.29 is 9.53 Å². The summed E-state index contributed by atoms with van der Waals surface area (Å²) in [6.45, 7) is 5.91. The molecule has 1 aromatic carbocycles. The lowest BCUT2D eigenvalue weighted by atomic mass is 10.1. The molecule has 2 aromatic rings. The summed E-state index contributed by atoms with van der Waals surface area (Å²) in [5, 5.41) is 1.84. The van der Waals surface area contributed by atoms with E-state index in [-0.39, 0.29) is 23.4 Å². The average molecular weight is 346 g/mol. The van der Waals surface area contributed by atoms with Crippen LogP contribution in [0.15, 0.2) is 34.4 Å². The van der Waals surface area contributed by atoms with Crippen LogP contribution in [0, 0.1) is 6.92 Å². The van der Waals surface area contributed by atoms with E-state index in [0.717, 1.165) is 34.6 Å². The van der Waals surface area contributed by atoms with Gasteiger partial charge in [-0.15, -0.1) is 0 Å². The molecule has 0 saturated carbocycles. The number of benzene rings is 1. The van der Waals surface area contributed by atoms with Gasteiger partial charge in [0.1, 0.15) is 6.54 Å². The Kier molecular flexibility index (Phi) is 5.16.